The molecule has 0 fully saturated rings. The molecule has 2 rings (SSSR count). The van der Waals surface area contributed by atoms with Crippen molar-refractivity contribution < 1.29 is 0 Å². The molecule has 19 heavy (non-hydrogen) atoms. The molecule has 0 heterocycles. The van der Waals surface area contributed by atoms with Crippen molar-refractivity contribution in [3.8, 4) is 11.1 Å². The summed E-state index contributed by atoms with van der Waals surface area (Å²) in [5.41, 5.74) is 7.12. The molecule has 0 unspecified atom stereocenters. The minimum atomic E-state index is 0.580. The number of hydrogen-bond acceptors (Lipinski definition) is 1. The molecular weight excluding hydrogens is 248 g/mol. The van der Waals surface area contributed by atoms with Gasteiger partial charge in [-0.3, -0.25) is 0 Å². The summed E-state index contributed by atoms with van der Waals surface area (Å²) in [7, 11) is 0. The molecule has 0 atom stereocenters. The lowest BCUT2D eigenvalue weighted by Crippen LogP contribution is -1.84. The Balaban J connectivity index is 2.57. The molecule has 0 aromatic rings. The van der Waals surface area contributed by atoms with E-state index in [0.29, 0.717) is 5.92 Å². The van der Waals surface area contributed by atoms with Crippen molar-refractivity contribution >= 4 is 11.8 Å². The first kappa shape index (κ1) is 14.5. The zero-order valence-electron chi connectivity index (χ0n) is 12.7. The van der Waals surface area contributed by atoms with Gasteiger partial charge in [0.05, 0.1) is 0 Å². The van der Waals surface area contributed by atoms with Gasteiger partial charge in [0.15, 0.2) is 0 Å². The minimum Gasteiger partial charge on any atom is -0.126 e. The quantitative estimate of drug-likeness (QED) is 0.612. The third-order valence-electron chi connectivity index (χ3n) is 3.73. The van der Waals surface area contributed by atoms with Crippen molar-refractivity contribution in [2.75, 3.05) is 5.75 Å². The molecule has 0 saturated heterocycles. The van der Waals surface area contributed by atoms with Crippen LogP contribution in [0.5, 0.6) is 0 Å². The van der Waals surface area contributed by atoms with E-state index in [0.717, 1.165) is 0 Å². The van der Waals surface area contributed by atoms with Gasteiger partial charge in [-0.25, -0.2) is 0 Å². The molecule has 2 aliphatic carbocycles. The number of thioether (sulfide) groups is 1. The van der Waals surface area contributed by atoms with Crippen LogP contribution in [0.3, 0.4) is 0 Å². The van der Waals surface area contributed by atoms with Gasteiger partial charge in [0, 0.05) is 4.90 Å². The van der Waals surface area contributed by atoms with Crippen molar-refractivity contribution in [2.45, 2.75) is 51.9 Å². The Bertz CT molecular complexity index is 540. The van der Waals surface area contributed by atoms with Gasteiger partial charge < -0.3 is 0 Å². The van der Waals surface area contributed by atoms with E-state index in [2.05, 4.69) is 58.9 Å². The highest BCUT2D eigenvalue weighted by Crippen LogP contribution is 2.39. The molecule has 102 valence electrons. The lowest BCUT2D eigenvalue weighted by Gasteiger charge is -2.04. The maximum Gasteiger partial charge on any atom is 0.0114 e. The Kier molecular flexibility index (Phi) is 4.57. The summed E-state index contributed by atoms with van der Waals surface area (Å²) in [5.74, 6) is 1.79. The maximum atomic E-state index is 2.39. The molecular formula is C18H24S. The molecule has 2 aliphatic rings. The first-order chi connectivity index (χ1) is 9.04. The summed E-state index contributed by atoms with van der Waals surface area (Å²) < 4.78 is 0. The van der Waals surface area contributed by atoms with Crippen LogP contribution >= 0.6 is 11.8 Å². The Hall–Kier alpha value is -0.950. The first-order valence-corrected chi connectivity index (χ1v) is 8.19. The van der Waals surface area contributed by atoms with Gasteiger partial charge in [-0.15, -0.1) is 11.8 Å². The SMILES string of the molecule is CCCSc1cc2c(C)ccc(C(C)C)cc-2c1C. The van der Waals surface area contributed by atoms with Crippen molar-refractivity contribution in [1.82, 2.24) is 0 Å². The second-order valence-electron chi connectivity index (χ2n) is 5.62. The largest absolute Gasteiger partial charge is 0.126 e. The van der Waals surface area contributed by atoms with E-state index in [1.54, 1.807) is 0 Å². The van der Waals surface area contributed by atoms with Gasteiger partial charge in [0.1, 0.15) is 0 Å². The van der Waals surface area contributed by atoms with Crippen LogP contribution in [0, 0.1) is 13.8 Å². The predicted molar refractivity (Wildman–Crippen MR) is 87.6 cm³/mol. The van der Waals surface area contributed by atoms with E-state index in [9.17, 15) is 0 Å². The lowest BCUT2D eigenvalue weighted by atomic mass is 10.0. The molecule has 0 aliphatic heterocycles. The fraction of sp³-hybridized carbons (Fsp3) is 0.444. The number of fused-ring (bicyclic) bond motifs is 1. The Morgan fingerprint density at radius 1 is 1.05 bits per heavy atom. The van der Waals surface area contributed by atoms with Gasteiger partial charge >= 0.3 is 0 Å². The van der Waals surface area contributed by atoms with Crippen LogP contribution in [0.2, 0.25) is 0 Å². The van der Waals surface area contributed by atoms with E-state index >= 15 is 0 Å². The summed E-state index contributed by atoms with van der Waals surface area (Å²) in [6.45, 7) is 11.3. The van der Waals surface area contributed by atoms with Gasteiger partial charge in [-0.1, -0.05) is 39.0 Å². The van der Waals surface area contributed by atoms with Gasteiger partial charge in [0.2, 0.25) is 0 Å². The third-order valence-corrected chi connectivity index (χ3v) is 5.08. The van der Waals surface area contributed by atoms with Crippen LogP contribution in [0.15, 0.2) is 29.2 Å². The smallest absolute Gasteiger partial charge is 0.0114 e. The lowest BCUT2D eigenvalue weighted by molar-refractivity contribution is 0.868. The van der Waals surface area contributed by atoms with E-state index in [-0.39, 0.29) is 0 Å². The van der Waals surface area contributed by atoms with E-state index in [1.165, 1.54) is 44.9 Å². The summed E-state index contributed by atoms with van der Waals surface area (Å²) in [6.07, 6.45) is 1.23. The van der Waals surface area contributed by atoms with Crippen LogP contribution < -0.4 is 0 Å². The molecule has 0 N–H and O–H groups in total. The molecule has 0 nitrogen and oxygen atoms in total. The maximum absolute atomic E-state index is 2.39. The highest BCUT2D eigenvalue weighted by molar-refractivity contribution is 7.99. The molecule has 0 aromatic carbocycles. The topological polar surface area (TPSA) is 0 Å². The highest BCUT2D eigenvalue weighted by Gasteiger charge is 2.15. The van der Waals surface area contributed by atoms with Crippen LogP contribution in [0.4, 0.5) is 0 Å². The molecule has 0 spiro atoms. The number of rotatable bonds is 4. The van der Waals surface area contributed by atoms with Crippen LogP contribution in [0.25, 0.3) is 11.1 Å². The van der Waals surface area contributed by atoms with Gasteiger partial charge in [-0.05, 0) is 65.8 Å². The number of aryl methyl sites for hydroxylation is 1. The number of hydrogen-bond donors (Lipinski definition) is 0. The van der Waals surface area contributed by atoms with E-state index in [4.69, 9.17) is 0 Å². The predicted octanol–water partition coefficient (Wildman–Crippen LogP) is 6.03. The summed E-state index contributed by atoms with van der Waals surface area (Å²) in [5, 5.41) is 0. The Labute approximate surface area is 122 Å². The Morgan fingerprint density at radius 3 is 2.42 bits per heavy atom. The zero-order chi connectivity index (χ0) is 14.0. The van der Waals surface area contributed by atoms with Crippen LogP contribution in [-0.2, 0) is 0 Å². The van der Waals surface area contributed by atoms with Crippen molar-refractivity contribution in [1.29, 1.82) is 0 Å². The zero-order valence-corrected chi connectivity index (χ0v) is 13.5. The second kappa shape index (κ2) is 6.00. The van der Waals surface area contributed by atoms with Gasteiger partial charge in [0.25, 0.3) is 0 Å². The van der Waals surface area contributed by atoms with Crippen LogP contribution in [0.1, 0.15) is 49.8 Å². The van der Waals surface area contributed by atoms with E-state index in [1.807, 2.05) is 11.8 Å². The summed E-state index contributed by atoms with van der Waals surface area (Å²) in [6, 6.07) is 9.31. The fourth-order valence-corrected chi connectivity index (χ4v) is 3.36. The summed E-state index contributed by atoms with van der Waals surface area (Å²) in [4.78, 5) is 1.46. The third kappa shape index (κ3) is 2.97. The monoisotopic (exact) mass is 272 g/mol. The van der Waals surface area contributed by atoms with Crippen molar-refractivity contribution in [3.05, 3.63) is 41.0 Å². The Morgan fingerprint density at radius 2 is 1.79 bits per heavy atom. The molecule has 0 amide bonds. The van der Waals surface area contributed by atoms with Crippen LogP contribution in [-0.4, -0.2) is 5.75 Å². The standard InChI is InChI=1S/C18H24S/c1-6-9-19-18-11-16-13(4)7-8-15(12(2)3)10-17(16)14(18)5/h7-8,10-12H,6,9H2,1-5H3. The average Bonchev–Trinajstić information content (AvgIpc) is 2.57. The molecule has 1 heteroatoms. The molecule has 0 aromatic heterocycles. The van der Waals surface area contributed by atoms with E-state index < -0.39 is 0 Å². The molecule has 0 saturated carbocycles. The van der Waals surface area contributed by atoms with Crippen molar-refractivity contribution in [3.63, 3.8) is 0 Å². The normalized spacial score (nSPS) is 11.5. The average molecular weight is 272 g/mol. The second-order valence-corrected chi connectivity index (χ2v) is 6.76. The highest BCUT2D eigenvalue weighted by atomic mass is 32.2. The molecule has 0 bridgehead atoms. The van der Waals surface area contributed by atoms with Gasteiger partial charge in [-0.2, -0.15) is 0 Å². The minimum absolute atomic E-state index is 0.580. The van der Waals surface area contributed by atoms with Crippen molar-refractivity contribution in [2.24, 2.45) is 0 Å². The fourth-order valence-electron chi connectivity index (χ4n) is 2.41. The summed E-state index contributed by atoms with van der Waals surface area (Å²) >= 11 is 1.99. The molecule has 0 radical (unpaired) electrons. The first-order valence-electron chi connectivity index (χ1n) is 7.21.